The zero-order chi connectivity index (χ0) is 25.1. The molecule has 4 aliphatic rings. The van der Waals surface area contributed by atoms with E-state index in [2.05, 4.69) is 75.4 Å². The summed E-state index contributed by atoms with van der Waals surface area (Å²) in [6.07, 6.45) is 19.7. The topological polar surface area (TPSA) is 83.9 Å². The average molecular weight is 484 g/mol. The minimum Gasteiger partial charge on any atom is -0.321 e. The Morgan fingerprint density at radius 3 is 2.69 bits per heavy atom. The average Bonchev–Trinajstić information content (AvgIpc) is 2.87. The predicted octanol–water partition coefficient (Wildman–Crippen LogP) is 4.30. The van der Waals surface area contributed by atoms with Gasteiger partial charge in [0.25, 0.3) is 5.56 Å². The molecule has 0 aromatic heterocycles. The molecule has 2 aliphatic heterocycles. The van der Waals surface area contributed by atoms with Crippen LogP contribution in [0.5, 0.6) is 0 Å². The molecule has 1 unspecified atom stereocenters. The molecule has 7 heteroatoms. The van der Waals surface area contributed by atoms with Gasteiger partial charge in [0.05, 0.1) is 11.0 Å². The van der Waals surface area contributed by atoms with Crippen molar-refractivity contribution >= 4 is 11.0 Å². The first-order valence-corrected chi connectivity index (χ1v) is 12.8. The van der Waals surface area contributed by atoms with E-state index in [1.807, 2.05) is 17.6 Å². The van der Waals surface area contributed by atoms with Gasteiger partial charge in [-0.25, -0.2) is 9.78 Å². The van der Waals surface area contributed by atoms with Crippen molar-refractivity contribution in [3.05, 3.63) is 92.2 Å². The zero-order valence-electron chi connectivity index (χ0n) is 21.0. The second kappa shape index (κ2) is 10.6. The van der Waals surface area contributed by atoms with Gasteiger partial charge in [0.15, 0.2) is 11.5 Å². The Labute approximate surface area is 210 Å². The summed E-state index contributed by atoms with van der Waals surface area (Å²) in [5.74, 6) is 0.824. The summed E-state index contributed by atoms with van der Waals surface area (Å²) in [5, 5.41) is 0. The van der Waals surface area contributed by atoms with Gasteiger partial charge in [0.2, 0.25) is 0 Å². The summed E-state index contributed by atoms with van der Waals surface area (Å²) in [6, 6.07) is 4.09. The van der Waals surface area contributed by atoms with Gasteiger partial charge in [-0.1, -0.05) is 48.1 Å². The van der Waals surface area contributed by atoms with E-state index in [0.717, 1.165) is 67.5 Å². The first-order valence-electron chi connectivity index (χ1n) is 12.8. The maximum atomic E-state index is 12.6. The normalized spacial score (nSPS) is 17.4. The number of rotatable bonds is 8. The SMILES string of the molecule is Cc1cc2nc3c(=O)[nH]c(=O)nc-3n(CCN(CCC3=CC=CCC3)CC3C=CC=CC3)c2cc1C. The fourth-order valence-electron chi connectivity index (χ4n) is 5.07. The highest BCUT2D eigenvalue weighted by Gasteiger charge is 2.21. The van der Waals surface area contributed by atoms with Crippen LogP contribution in [0, 0.1) is 19.8 Å². The fraction of sp³-hybridized carbons (Fsp3) is 0.379. The quantitative estimate of drug-likeness (QED) is 0.483. The summed E-state index contributed by atoms with van der Waals surface area (Å²) in [4.78, 5) is 38.3. The van der Waals surface area contributed by atoms with Crippen molar-refractivity contribution in [2.24, 2.45) is 5.92 Å². The molecule has 1 atom stereocenters. The van der Waals surface area contributed by atoms with Gasteiger partial charge in [-0.2, -0.15) is 4.98 Å². The molecule has 0 fully saturated rings. The summed E-state index contributed by atoms with van der Waals surface area (Å²) in [5.41, 5.74) is 4.44. The molecule has 0 radical (unpaired) electrons. The van der Waals surface area contributed by atoms with Crippen LogP contribution < -0.4 is 11.2 Å². The first kappa shape index (κ1) is 24.1. The van der Waals surface area contributed by atoms with Crippen LogP contribution in [0.3, 0.4) is 0 Å². The Morgan fingerprint density at radius 1 is 1.06 bits per heavy atom. The summed E-state index contributed by atoms with van der Waals surface area (Å²) in [7, 11) is 0. The van der Waals surface area contributed by atoms with Crippen LogP contribution in [0.4, 0.5) is 0 Å². The number of aromatic amines is 1. The number of hydrogen-bond donors (Lipinski definition) is 1. The molecule has 5 rings (SSSR count). The second-order valence-corrected chi connectivity index (χ2v) is 9.88. The molecule has 1 N–H and O–H groups in total. The molecule has 2 aliphatic carbocycles. The predicted molar refractivity (Wildman–Crippen MR) is 144 cm³/mol. The van der Waals surface area contributed by atoms with E-state index in [-0.39, 0.29) is 5.69 Å². The Balaban J connectivity index is 1.48. The lowest BCUT2D eigenvalue weighted by Gasteiger charge is -2.28. The lowest BCUT2D eigenvalue weighted by Crippen LogP contribution is -2.35. The molecule has 0 saturated carbocycles. The lowest BCUT2D eigenvalue weighted by molar-refractivity contribution is 0.241. The number of allylic oxidation sites excluding steroid dienone is 6. The maximum absolute atomic E-state index is 12.6. The van der Waals surface area contributed by atoms with Crippen molar-refractivity contribution < 1.29 is 0 Å². The Kier molecular flexibility index (Phi) is 7.09. The lowest BCUT2D eigenvalue weighted by atomic mass is 9.99. The highest BCUT2D eigenvalue weighted by Crippen LogP contribution is 2.24. The minimum absolute atomic E-state index is 0.205. The summed E-state index contributed by atoms with van der Waals surface area (Å²) >= 11 is 0. The zero-order valence-corrected chi connectivity index (χ0v) is 21.0. The van der Waals surface area contributed by atoms with Gasteiger partial charge in [-0.05, 0) is 68.7 Å². The molecule has 2 heterocycles. The van der Waals surface area contributed by atoms with Crippen LogP contribution >= 0.6 is 0 Å². The highest BCUT2D eigenvalue weighted by atomic mass is 16.2. The monoisotopic (exact) mass is 483 g/mol. The van der Waals surface area contributed by atoms with Crippen LogP contribution in [0.2, 0.25) is 0 Å². The third-order valence-electron chi connectivity index (χ3n) is 7.28. The third-order valence-corrected chi connectivity index (χ3v) is 7.28. The number of aryl methyl sites for hydroxylation is 2. The van der Waals surface area contributed by atoms with E-state index in [0.29, 0.717) is 18.3 Å². The fourth-order valence-corrected chi connectivity index (χ4v) is 5.07. The maximum Gasteiger partial charge on any atom is 0.349 e. The number of aromatic nitrogens is 4. The molecular formula is C29H33N5O2. The number of hydrogen-bond acceptors (Lipinski definition) is 5. The Morgan fingerprint density at radius 2 is 1.92 bits per heavy atom. The Bertz CT molecular complexity index is 1470. The minimum atomic E-state index is -0.639. The van der Waals surface area contributed by atoms with E-state index in [1.165, 1.54) is 5.57 Å². The molecule has 0 spiro atoms. The molecular weight excluding hydrogens is 450 g/mol. The van der Waals surface area contributed by atoms with E-state index < -0.39 is 11.2 Å². The van der Waals surface area contributed by atoms with Crippen molar-refractivity contribution in [1.82, 2.24) is 24.4 Å². The van der Waals surface area contributed by atoms with Gasteiger partial charge in [0.1, 0.15) is 0 Å². The van der Waals surface area contributed by atoms with Gasteiger partial charge < -0.3 is 9.47 Å². The van der Waals surface area contributed by atoms with E-state index in [1.54, 1.807) is 0 Å². The molecule has 7 nitrogen and oxygen atoms in total. The van der Waals surface area contributed by atoms with E-state index >= 15 is 0 Å². The molecule has 0 saturated heterocycles. The molecule has 0 bridgehead atoms. The van der Waals surface area contributed by atoms with Crippen molar-refractivity contribution in [1.29, 1.82) is 0 Å². The molecule has 1 aromatic rings. The molecule has 186 valence electrons. The van der Waals surface area contributed by atoms with Gasteiger partial charge >= 0.3 is 5.69 Å². The number of nitrogens with zero attached hydrogens (tertiary/aromatic N) is 4. The van der Waals surface area contributed by atoms with Crippen LogP contribution in [0.15, 0.2) is 69.8 Å². The number of fused-ring (bicyclic) bond motifs is 2. The second-order valence-electron chi connectivity index (χ2n) is 9.88. The van der Waals surface area contributed by atoms with Crippen molar-refractivity contribution in [3.8, 4) is 11.5 Å². The van der Waals surface area contributed by atoms with E-state index in [4.69, 9.17) is 0 Å². The van der Waals surface area contributed by atoms with Gasteiger partial charge in [-0.3, -0.25) is 9.78 Å². The van der Waals surface area contributed by atoms with E-state index in [9.17, 15) is 9.59 Å². The number of nitrogens with one attached hydrogen (secondary N) is 1. The van der Waals surface area contributed by atoms with Crippen LogP contribution in [0.25, 0.3) is 22.6 Å². The largest absolute Gasteiger partial charge is 0.349 e. The van der Waals surface area contributed by atoms with Crippen molar-refractivity contribution in [3.63, 3.8) is 0 Å². The third kappa shape index (κ3) is 5.31. The smallest absolute Gasteiger partial charge is 0.321 e. The highest BCUT2D eigenvalue weighted by molar-refractivity contribution is 5.81. The van der Waals surface area contributed by atoms with Gasteiger partial charge in [-0.15, -0.1) is 0 Å². The molecule has 1 aromatic carbocycles. The molecule has 36 heavy (non-hydrogen) atoms. The van der Waals surface area contributed by atoms with Crippen molar-refractivity contribution in [2.75, 3.05) is 19.6 Å². The number of H-pyrrole nitrogens is 1. The first-order chi connectivity index (χ1) is 17.5. The van der Waals surface area contributed by atoms with Gasteiger partial charge in [0, 0.05) is 26.2 Å². The summed E-state index contributed by atoms with van der Waals surface area (Å²) in [6.45, 7) is 7.43. The van der Waals surface area contributed by atoms with Crippen LogP contribution in [-0.4, -0.2) is 44.1 Å². The van der Waals surface area contributed by atoms with Crippen LogP contribution in [-0.2, 0) is 6.54 Å². The number of benzene rings is 1. The Hall–Kier alpha value is -3.58. The summed E-state index contributed by atoms with van der Waals surface area (Å²) < 4.78 is 2.01. The molecule has 0 amide bonds. The standard InChI is InChI=1S/C29H33N5O2/c1-20-17-24-25(18-21(20)2)34(27-26(30-24)28(35)32-29(36)31-27)16-15-33(19-23-11-7-4-8-12-23)14-13-22-9-5-3-6-10-22/h3-5,7-9,11,17-18,23H,6,10,12-16,19H2,1-2H3,(H,32,35,36). The van der Waals surface area contributed by atoms with Crippen LogP contribution in [0.1, 0.15) is 36.8 Å². The van der Waals surface area contributed by atoms with Crippen molar-refractivity contribution in [2.45, 2.75) is 46.1 Å².